The first-order valence-corrected chi connectivity index (χ1v) is 11.5. The fourth-order valence-electron chi connectivity index (χ4n) is 3.45. The van der Waals surface area contributed by atoms with Crippen LogP contribution in [0, 0.1) is 0 Å². The number of hydrogen-bond acceptors (Lipinski definition) is 3. The summed E-state index contributed by atoms with van der Waals surface area (Å²) < 4.78 is 20.8. The van der Waals surface area contributed by atoms with Crippen molar-refractivity contribution in [3.05, 3.63) is 132 Å². The van der Waals surface area contributed by atoms with Crippen LogP contribution in [0.2, 0.25) is 0 Å². The molecule has 1 N–H and O–H groups in total. The van der Waals surface area contributed by atoms with Crippen LogP contribution in [0.5, 0.6) is 0 Å². The second kappa shape index (κ2) is 9.23. The van der Waals surface area contributed by atoms with Crippen molar-refractivity contribution in [1.29, 1.82) is 0 Å². The Kier molecular flexibility index (Phi) is 6.25. The molecule has 0 heterocycles. The highest BCUT2D eigenvalue weighted by molar-refractivity contribution is 7.74. The second-order valence-electron chi connectivity index (χ2n) is 7.01. The molecule has 0 aliphatic heterocycles. The number of aliphatic hydroxyl groups excluding tert-OH is 1. The Labute approximate surface area is 177 Å². The highest BCUT2D eigenvalue weighted by Crippen LogP contribution is 2.51. The van der Waals surface area contributed by atoms with Crippen molar-refractivity contribution in [3.8, 4) is 0 Å². The molecule has 4 aromatic rings. The first-order valence-electron chi connectivity index (χ1n) is 9.86. The molecule has 0 saturated carbocycles. The van der Waals surface area contributed by atoms with Gasteiger partial charge in [-0.15, -0.1) is 0 Å². The van der Waals surface area contributed by atoms with E-state index < -0.39 is 19.6 Å². The summed E-state index contributed by atoms with van der Waals surface area (Å²) in [7, 11) is -3.48. The summed E-state index contributed by atoms with van der Waals surface area (Å²) >= 11 is 0. The Balaban J connectivity index is 1.82. The van der Waals surface area contributed by atoms with Crippen LogP contribution in [0.3, 0.4) is 0 Å². The third-order valence-corrected chi connectivity index (χ3v) is 7.49. The normalized spacial score (nSPS) is 13.5. The van der Waals surface area contributed by atoms with E-state index in [4.69, 9.17) is 4.52 Å². The van der Waals surface area contributed by atoms with Gasteiger partial charge in [0.15, 0.2) is 0 Å². The van der Waals surface area contributed by atoms with Crippen LogP contribution >= 0.6 is 7.37 Å². The largest absolute Gasteiger partial charge is 0.385 e. The van der Waals surface area contributed by atoms with Crippen molar-refractivity contribution in [2.45, 2.75) is 12.2 Å². The van der Waals surface area contributed by atoms with Gasteiger partial charge in [-0.25, -0.2) is 0 Å². The molecule has 0 amide bonds. The lowest BCUT2D eigenvalue weighted by atomic mass is 9.98. The first-order chi connectivity index (χ1) is 14.7. The average Bonchev–Trinajstić information content (AvgIpc) is 2.84. The molecule has 4 rings (SSSR count). The quantitative estimate of drug-likeness (QED) is 0.412. The summed E-state index contributed by atoms with van der Waals surface area (Å²) in [5, 5.41) is 12.4. The maximum atomic E-state index is 14.4. The van der Waals surface area contributed by atoms with Crippen molar-refractivity contribution < 1.29 is 14.2 Å². The Hall–Kier alpha value is -2.97. The van der Waals surface area contributed by atoms with E-state index in [-0.39, 0.29) is 0 Å². The van der Waals surface area contributed by atoms with Crippen molar-refractivity contribution in [3.63, 3.8) is 0 Å². The zero-order chi connectivity index (χ0) is 20.8. The highest BCUT2D eigenvalue weighted by Gasteiger charge is 2.36. The summed E-state index contributed by atoms with van der Waals surface area (Å²) in [6.45, 7) is 0. The van der Waals surface area contributed by atoms with Gasteiger partial charge in [-0.05, 0) is 35.4 Å². The van der Waals surface area contributed by atoms with E-state index in [1.165, 1.54) is 0 Å². The summed E-state index contributed by atoms with van der Waals surface area (Å²) in [5.41, 5.74) is 1.47. The van der Waals surface area contributed by atoms with Crippen LogP contribution in [-0.4, -0.2) is 5.11 Å². The highest BCUT2D eigenvalue weighted by atomic mass is 31.2. The molecule has 0 bridgehead atoms. The van der Waals surface area contributed by atoms with Crippen LogP contribution < -0.4 is 10.6 Å². The number of aliphatic hydroxyl groups is 1. The molecular formula is C26H23O3P. The predicted octanol–water partition coefficient (Wildman–Crippen LogP) is 5.41. The van der Waals surface area contributed by atoms with E-state index in [9.17, 15) is 9.67 Å². The van der Waals surface area contributed by atoms with Crippen molar-refractivity contribution in [2.75, 3.05) is 0 Å². The van der Waals surface area contributed by atoms with E-state index in [2.05, 4.69) is 0 Å². The van der Waals surface area contributed by atoms with E-state index in [0.717, 1.165) is 5.56 Å². The molecule has 0 unspecified atom stereocenters. The molecule has 0 fully saturated rings. The molecule has 4 aromatic carbocycles. The predicted molar refractivity (Wildman–Crippen MR) is 121 cm³/mol. The standard InChI is InChI=1S/C26H23O3P/c27-25(21-13-5-1-6-14-21)26(22-15-7-2-8-16-22)29-30(28,23-17-9-3-10-18-23)24-19-11-4-12-20-24/h1-20,25-27H/t25-,26-/m1/s1. The molecule has 0 aromatic heterocycles. The maximum Gasteiger partial charge on any atom is 0.261 e. The second-order valence-corrected chi connectivity index (χ2v) is 9.36. The monoisotopic (exact) mass is 414 g/mol. The Morgan fingerprint density at radius 3 is 1.37 bits per heavy atom. The van der Waals surface area contributed by atoms with Gasteiger partial charge in [0.25, 0.3) is 7.37 Å². The maximum absolute atomic E-state index is 14.4. The number of rotatable bonds is 7. The molecule has 3 nitrogen and oxygen atoms in total. The Morgan fingerprint density at radius 2 is 0.933 bits per heavy atom. The topological polar surface area (TPSA) is 46.5 Å². The number of benzene rings is 4. The molecule has 0 radical (unpaired) electrons. The molecule has 0 saturated heterocycles. The third-order valence-electron chi connectivity index (χ3n) is 5.01. The van der Waals surface area contributed by atoms with E-state index in [1.807, 2.05) is 121 Å². The lowest BCUT2D eigenvalue weighted by Gasteiger charge is -2.29. The van der Waals surface area contributed by atoms with Gasteiger partial charge in [-0.2, -0.15) is 0 Å². The van der Waals surface area contributed by atoms with Gasteiger partial charge in [-0.1, -0.05) is 97.1 Å². The Bertz CT molecular complexity index is 1060. The molecule has 4 heteroatoms. The summed E-state index contributed by atoms with van der Waals surface area (Å²) in [6, 6.07) is 37.2. The summed E-state index contributed by atoms with van der Waals surface area (Å²) in [4.78, 5) is 0. The minimum absolute atomic E-state index is 0.595. The molecular weight excluding hydrogens is 391 g/mol. The lowest BCUT2D eigenvalue weighted by Crippen LogP contribution is -2.23. The molecule has 0 spiro atoms. The lowest BCUT2D eigenvalue weighted by molar-refractivity contribution is 0.0387. The molecule has 0 aliphatic rings. The van der Waals surface area contributed by atoms with E-state index in [1.54, 1.807) is 0 Å². The van der Waals surface area contributed by atoms with Gasteiger partial charge in [0, 0.05) is 10.6 Å². The van der Waals surface area contributed by atoms with Crippen molar-refractivity contribution >= 4 is 18.0 Å². The van der Waals surface area contributed by atoms with Gasteiger partial charge in [-0.3, -0.25) is 4.57 Å². The van der Waals surface area contributed by atoms with Crippen LogP contribution in [0.1, 0.15) is 23.3 Å². The van der Waals surface area contributed by atoms with Crippen molar-refractivity contribution in [2.24, 2.45) is 0 Å². The fraction of sp³-hybridized carbons (Fsp3) is 0.0769. The zero-order valence-electron chi connectivity index (χ0n) is 16.4. The minimum Gasteiger partial charge on any atom is -0.385 e. The third kappa shape index (κ3) is 4.29. The molecule has 2 atom stereocenters. The summed E-state index contributed by atoms with van der Waals surface area (Å²) in [5.74, 6) is 0. The smallest absolute Gasteiger partial charge is 0.261 e. The van der Waals surface area contributed by atoms with Crippen LogP contribution in [0.4, 0.5) is 0 Å². The van der Waals surface area contributed by atoms with E-state index in [0.29, 0.717) is 16.2 Å². The van der Waals surface area contributed by atoms with Crippen molar-refractivity contribution in [1.82, 2.24) is 0 Å². The van der Waals surface area contributed by atoms with Gasteiger partial charge < -0.3 is 9.63 Å². The van der Waals surface area contributed by atoms with Gasteiger partial charge >= 0.3 is 0 Å². The molecule has 0 aliphatic carbocycles. The first kappa shape index (κ1) is 20.3. The van der Waals surface area contributed by atoms with Crippen LogP contribution in [0.25, 0.3) is 0 Å². The summed E-state index contributed by atoms with van der Waals surface area (Å²) in [6.07, 6.45) is -1.78. The van der Waals surface area contributed by atoms with E-state index >= 15 is 0 Å². The SMILES string of the molecule is O=P(O[C@H](c1ccccc1)[C@H](O)c1ccccc1)(c1ccccc1)c1ccccc1. The number of hydrogen-bond donors (Lipinski definition) is 1. The fourth-order valence-corrected chi connectivity index (χ4v) is 5.68. The zero-order valence-corrected chi connectivity index (χ0v) is 17.3. The average molecular weight is 414 g/mol. The van der Waals surface area contributed by atoms with Crippen LogP contribution in [-0.2, 0) is 9.09 Å². The van der Waals surface area contributed by atoms with Gasteiger partial charge in [0.05, 0.1) is 0 Å². The Morgan fingerprint density at radius 1 is 0.567 bits per heavy atom. The molecule has 30 heavy (non-hydrogen) atoms. The van der Waals surface area contributed by atoms with Gasteiger partial charge in [0.2, 0.25) is 0 Å². The minimum atomic E-state index is -3.48. The van der Waals surface area contributed by atoms with Crippen LogP contribution in [0.15, 0.2) is 121 Å². The van der Waals surface area contributed by atoms with Gasteiger partial charge in [0.1, 0.15) is 12.2 Å². The molecule has 150 valence electrons.